The summed E-state index contributed by atoms with van der Waals surface area (Å²) < 4.78 is 0. The van der Waals surface area contributed by atoms with Crippen LogP contribution < -0.4 is 9.80 Å². The summed E-state index contributed by atoms with van der Waals surface area (Å²) in [5.41, 5.74) is 19.4. The Morgan fingerprint density at radius 3 is 1.06 bits per heavy atom. The maximum atomic E-state index is 2.46. The molecule has 12 rings (SSSR count). The third kappa shape index (κ3) is 5.86. The first-order valence-corrected chi connectivity index (χ1v) is 22.5. The molecule has 0 N–H and O–H groups in total. The summed E-state index contributed by atoms with van der Waals surface area (Å²) >= 11 is 0. The van der Waals surface area contributed by atoms with Crippen LogP contribution in [-0.4, -0.2) is 0 Å². The van der Waals surface area contributed by atoms with E-state index in [-0.39, 0.29) is 10.8 Å². The lowest BCUT2D eigenvalue weighted by Crippen LogP contribution is -2.31. The number of hydrogen-bond donors (Lipinski definition) is 0. The van der Waals surface area contributed by atoms with Crippen LogP contribution in [0, 0.1) is 0 Å². The largest absolute Gasteiger partial charge is 0.310 e. The SMILES string of the molecule is CC1(C)c2ccccc2N(c2ccc(-c3cccc4ccccc34)cc2)c2ccc(-c3ccc4c(c3)C(C)(C)c3ccccc3N4c3ccc(-c4cccc5ccccc45)cc3)cc21. The lowest BCUT2D eigenvalue weighted by Gasteiger charge is -2.43. The second kappa shape index (κ2) is 14.4. The lowest BCUT2D eigenvalue weighted by molar-refractivity contribution is 0.631. The fraction of sp³-hybridized carbons (Fsp3) is 0.0968. The molecule has 2 nitrogen and oxygen atoms in total. The highest BCUT2D eigenvalue weighted by atomic mass is 15.2. The minimum absolute atomic E-state index is 0.219. The van der Waals surface area contributed by atoms with Crippen molar-refractivity contribution in [1.82, 2.24) is 0 Å². The zero-order valence-electron chi connectivity index (χ0n) is 36.7. The summed E-state index contributed by atoms with van der Waals surface area (Å²) in [6, 6.07) is 80.9. The monoisotopic (exact) mass is 820 g/mol. The van der Waals surface area contributed by atoms with E-state index >= 15 is 0 Å². The van der Waals surface area contributed by atoms with Gasteiger partial charge in [-0.3, -0.25) is 0 Å². The highest BCUT2D eigenvalue weighted by Crippen LogP contribution is 2.55. The lowest BCUT2D eigenvalue weighted by atomic mass is 9.71. The highest BCUT2D eigenvalue weighted by Gasteiger charge is 2.39. The number of para-hydroxylation sites is 2. The van der Waals surface area contributed by atoms with Crippen molar-refractivity contribution in [3.05, 3.63) is 241 Å². The van der Waals surface area contributed by atoms with Gasteiger partial charge in [-0.05, 0) is 138 Å². The smallest absolute Gasteiger partial charge is 0.0503 e. The van der Waals surface area contributed by atoms with Crippen molar-refractivity contribution in [1.29, 1.82) is 0 Å². The van der Waals surface area contributed by atoms with E-state index in [2.05, 4.69) is 256 Å². The van der Waals surface area contributed by atoms with E-state index in [4.69, 9.17) is 0 Å². The molecule has 64 heavy (non-hydrogen) atoms. The molecule has 306 valence electrons. The van der Waals surface area contributed by atoms with Crippen LogP contribution >= 0.6 is 0 Å². The van der Waals surface area contributed by atoms with E-state index in [1.807, 2.05) is 0 Å². The van der Waals surface area contributed by atoms with Crippen molar-refractivity contribution in [2.24, 2.45) is 0 Å². The summed E-state index contributed by atoms with van der Waals surface area (Å²) in [7, 11) is 0. The zero-order valence-corrected chi connectivity index (χ0v) is 36.7. The number of hydrogen-bond acceptors (Lipinski definition) is 2. The van der Waals surface area contributed by atoms with Gasteiger partial charge in [-0.1, -0.05) is 185 Å². The molecular weight excluding hydrogens is 773 g/mol. The third-order valence-corrected chi connectivity index (χ3v) is 14.2. The molecule has 2 aliphatic heterocycles. The van der Waals surface area contributed by atoms with Gasteiger partial charge in [-0.25, -0.2) is 0 Å². The van der Waals surface area contributed by atoms with Gasteiger partial charge in [0, 0.05) is 22.2 Å². The Balaban J connectivity index is 0.942. The third-order valence-electron chi connectivity index (χ3n) is 14.2. The molecule has 0 radical (unpaired) electrons. The second-order valence-electron chi connectivity index (χ2n) is 18.6. The summed E-state index contributed by atoms with van der Waals surface area (Å²) in [6.07, 6.45) is 0. The molecule has 2 heteroatoms. The van der Waals surface area contributed by atoms with Crippen molar-refractivity contribution >= 4 is 55.7 Å². The van der Waals surface area contributed by atoms with Crippen molar-refractivity contribution in [2.75, 3.05) is 9.80 Å². The molecule has 0 aromatic heterocycles. The van der Waals surface area contributed by atoms with Crippen LogP contribution in [0.2, 0.25) is 0 Å². The van der Waals surface area contributed by atoms with Crippen LogP contribution in [-0.2, 0) is 10.8 Å². The Kier molecular flexibility index (Phi) is 8.58. The molecule has 2 aliphatic rings. The van der Waals surface area contributed by atoms with Crippen LogP contribution in [0.1, 0.15) is 49.9 Å². The fourth-order valence-electron chi connectivity index (χ4n) is 10.9. The van der Waals surface area contributed by atoms with Gasteiger partial charge in [-0.2, -0.15) is 0 Å². The first-order valence-electron chi connectivity index (χ1n) is 22.5. The predicted molar refractivity (Wildman–Crippen MR) is 271 cm³/mol. The Bertz CT molecular complexity index is 3200. The van der Waals surface area contributed by atoms with Gasteiger partial charge in [0.15, 0.2) is 0 Å². The minimum Gasteiger partial charge on any atom is -0.310 e. The van der Waals surface area contributed by atoms with Gasteiger partial charge in [-0.15, -0.1) is 0 Å². The van der Waals surface area contributed by atoms with Crippen LogP contribution in [0.25, 0.3) is 54.9 Å². The quantitative estimate of drug-likeness (QED) is 0.171. The maximum Gasteiger partial charge on any atom is 0.0503 e. The average molecular weight is 821 g/mol. The van der Waals surface area contributed by atoms with E-state index in [1.54, 1.807) is 0 Å². The molecule has 0 spiro atoms. The van der Waals surface area contributed by atoms with Crippen LogP contribution in [0.3, 0.4) is 0 Å². The minimum atomic E-state index is -0.219. The summed E-state index contributed by atoms with van der Waals surface area (Å²) in [6.45, 7) is 9.52. The molecular formula is C62H48N2. The number of benzene rings is 10. The zero-order chi connectivity index (χ0) is 43.2. The first kappa shape index (κ1) is 38.0. The molecule has 0 unspecified atom stereocenters. The molecule has 0 fully saturated rings. The van der Waals surface area contributed by atoms with Gasteiger partial charge in [0.2, 0.25) is 0 Å². The summed E-state index contributed by atoms with van der Waals surface area (Å²) in [5, 5.41) is 5.06. The normalized spacial score (nSPS) is 14.4. The van der Waals surface area contributed by atoms with Gasteiger partial charge < -0.3 is 9.80 Å². The Hall–Kier alpha value is -7.68. The van der Waals surface area contributed by atoms with E-state index < -0.39 is 0 Å². The topological polar surface area (TPSA) is 6.48 Å². The van der Waals surface area contributed by atoms with E-state index in [9.17, 15) is 0 Å². The Morgan fingerprint density at radius 2 is 0.625 bits per heavy atom. The molecule has 0 bridgehead atoms. The summed E-state index contributed by atoms with van der Waals surface area (Å²) in [5.74, 6) is 0. The summed E-state index contributed by atoms with van der Waals surface area (Å²) in [4.78, 5) is 4.92. The molecule has 0 atom stereocenters. The molecule has 0 saturated carbocycles. The van der Waals surface area contributed by atoms with Crippen LogP contribution in [0.15, 0.2) is 218 Å². The number of rotatable bonds is 5. The molecule has 2 heterocycles. The van der Waals surface area contributed by atoms with Gasteiger partial charge >= 0.3 is 0 Å². The first-order chi connectivity index (χ1) is 31.3. The van der Waals surface area contributed by atoms with Gasteiger partial charge in [0.05, 0.1) is 22.7 Å². The standard InChI is InChI=1S/C62H48N2/c1-61(2)53-23-9-11-25-57(53)63(47-33-27-43(28-34-47)51-21-13-17-41-15-5-7-19-49(41)51)59-37-31-45(39-55(59)61)46-32-38-60-56(40-46)62(3,4)54-24-10-12-26-58(54)64(60)48-35-29-44(30-36-48)52-22-14-18-42-16-6-8-20-50(42)52/h5-40H,1-4H3. The van der Waals surface area contributed by atoms with Crippen molar-refractivity contribution in [3.8, 4) is 33.4 Å². The molecule has 10 aromatic carbocycles. The van der Waals surface area contributed by atoms with Crippen molar-refractivity contribution < 1.29 is 0 Å². The van der Waals surface area contributed by atoms with Gasteiger partial charge in [0.1, 0.15) is 0 Å². The number of fused-ring (bicyclic) bond motifs is 6. The second-order valence-corrected chi connectivity index (χ2v) is 18.6. The van der Waals surface area contributed by atoms with E-state index in [0.29, 0.717) is 0 Å². The Labute approximate surface area is 376 Å². The fourth-order valence-corrected chi connectivity index (χ4v) is 10.9. The van der Waals surface area contributed by atoms with Gasteiger partial charge in [0.25, 0.3) is 0 Å². The predicted octanol–water partition coefficient (Wildman–Crippen LogP) is 17.2. The molecule has 0 saturated heterocycles. The van der Waals surface area contributed by atoms with E-state index in [0.717, 1.165) is 11.4 Å². The maximum absolute atomic E-state index is 2.46. The Morgan fingerprint density at radius 1 is 0.281 bits per heavy atom. The number of nitrogens with zero attached hydrogens (tertiary/aromatic N) is 2. The van der Waals surface area contributed by atoms with Crippen molar-refractivity contribution in [2.45, 2.75) is 38.5 Å². The molecule has 10 aromatic rings. The average Bonchev–Trinajstić information content (AvgIpc) is 3.34. The van der Waals surface area contributed by atoms with E-state index in [1.165, 1.54) is 99.9 Å². The van der Waals surface area contributed by atoms with Crippen LogP contribution in [0.5, 0.6) is 0 Å². The highest BCUT2D eigenvalue weighted by molar-refractivity contribution is 5.99. The number of anilines is 6. The molecule has 0 aliphatic carbocycles. The van der Waals surface area contributed by atoms with Crippen molar-refractivity contribution in [3.63, 3.8) is 0 Å². The molecule has 0 amide bonds. The van der Waals surface area contributed by atoms with Crippen LogP contribution in [0.4, 0.5) is 34.1 Å².